The van der Waals surface area contributed by atoms with Crippen molar-refractivity contribution in [3.05, 3.63) is 0 Å². The van der Waals surface area contributed by atoms with Gasteiger partial charge in [-0.15, -0.1) is 0 Å². The predicted octanol–water partition coefficient (Wildman–Crippen LogP) is -6.10. The van der Waals surface area contributed by atoms with Crippen LogP contribution in [-0.2, 0) is 20.0 Å². The summed E-state index contributed by atoms with van der Waals surface area (Å²) in [4.78, 5) is 25.6. The van der Waals surface area contributed by atoms with E-state index in [4.69, 9.17) is 40.5 Å². The standard InChI is InChI=1S/2C5H11N3OS.H2O4S/c2*1-4(9)8-5(7)10-3-2-6;1-5(2,3)4/h2*2-3,6H2,1H3,(H2,7,8,9);(H2,1,2,3,4). The summed E-state index contributed by atoms with van der Waals surface area (Å²) in [5, 5.41) is 0.830. The summed E-state index contributed by atoms with van der Waals surface area (Å²) < 4.78 is 34.1. The van der Waals surface area contributed by atoms with E-state index in [1.165, 1.54) is 37.4 Å². The minimum Gasteiger partial charge on any atom is -0.759 e. The van der Waals surface area contributed by atoms with E-state index in [1.807, 2.05) is 0 Å². The Morgan fingerprint density at radius 3 is 1.28 bits per heavy atom. The van der Waals surface area contributed by atoms with Gasteiger partial charge in [-0.3, -0.25) is 19.9 Å². The van der Waals surface area contributed by atoms with Crippen molar-refractivity contribution in [2.75, 3.05) is 24.6 Å². The summed E-state index contributed by atoms with van der Waals surface area (Å²) in [5.41, 5.74) is 21.1. The summed E-state index contributed by atoms with van der Waals surface area (Å²) >= 11 is 2.68. The largest absolute Gasteiger partial charge is 0.759 e. The van der Waals surface area contributed by atoms with Crippen LogP contribution in [0.15, 0.2) is 0 Å². The summed E-state index contributed by atoms with van der Waals surface area (Å²) in [6, 6.07) is 0. The van der Waals surface area contributed by atoms with Gasteiger partial charge in [-0.1, -0.05) is 0 Å². The maximum Gasteiger partial charge on any atom is 0.309 e. The van der Waals surface area contributed by atoms with E-state index in [9.17, 15) is 9.59 Å². The van der Waals surface area contributed by atoms with Crippen molar-refractivity contribution in [2.45, 2.75) is 13.8 Å². The lowest BCUT2D eigenvalue weighted by molar-refractivity contribution is -0.374. The molecule has 0 fully saturated rings. The van der Waals surface area contributed by atoms with Crippen molar-refractivity contribution >= 4 is 56.1 Å². The van der Waals surface area contributed by atoms with Crippen LogP contribution >= 0.6 is 23.5 Å². The fourth-order valence-corrected chi connectivity index (χ4v) is 1.86. The van der Waals surface area contributed by atoms with Crippen molar-refractivity contribution < 1.29 is 37.1 Å². The maximum atomic E-state index is 10.4. The molecule has 10 N–H and O–H groups in total. The highest BCUT2D eigenvalue weighted by Crippen LogP contribution is 1.91. The molecule has 0 bridgehead atoms. The molecule has 0 atom stereocenters. The van der Waals surface area contributed by atoms with Crippen molar-refractivity contribution in [1.82, 2.24) is 0 Å². The van der Waals surface area contributed by atoms with Crippen LogP contribution in [0, 0.1) is 0 Å². The molecular formula is C10H24N6O6S3. The van der Waals surface area contributed by atoms with Crippen LogP contribution in [0.2, 0.25) is 0 Å². The average Bonchev–Trinajstić information content (AvgIpc) is 2.40. The highest BCUT2D eigenvalue weighted by molar-refractivity contribution is 8.13. The second kappa shape index (κ2) is 17.6. The number of carbonyl (C=O) groups excluding carboxylic acids is 2. The molecule has 0 radical (unpaired) electrons. The molecule has 0 aliphatic rings. The maximum absolute atomic E-state index is 10.4. The van der Waals surface area contributed by atoms with E-state index in [1.54, 1.807) is 0 Å². The van der Waals surface area contributed by atoms with Crippen molar-refractivity contribution in [1.29, 1.82) is 0 Å². The van der Waals surface area contributed by atoms with Gasteiger partial charge in [-0.25, -0.2) is 19.6 Å². The van der Waals surface area contributed by atoms with Crippen LogP contribution < -0.4 is 32.9 Å². The van der Waals surface area contributed by atoms with Gasteiger partial charge >= 0.3 is 22.1 Å². The van der Waals surface area contributed by atoms with Gasteiger partial charge in [-0.2, -0.15) is 0 Å². The van der Waals surface area contributed by atoms with Gasteiger partial charge in [0.25, 0.3) is 0 Å². The molecule has 0 aromatic carbocycles. The van der Waals surface area contributed by atoms with Gasteiger partial charge < -0.3 is 20.6 Å². The molecule has 0 rings (SSSR count). The minimum atomic E-state index is -5.17. The van der Waals surface area contributed by atoms with Gasteiger partial charge in [0.2, 0.25) is 0 Å². The fourth-order valence-electron chi connectivity index (χ4n) is 0.757. The van der Waals surface area contributed by atoms with Gasteiger partial charge in [0, 0.05) is 48.8 Å². The SMILES string of the molecule is CC(=O)[NH+]=C(N)SCCN.CC(=O)[NH+]=C(N)SCCN.O=S(=O)([O-])[O-]. The van der Waals surface area contributed by atoms with E-state index in [0.717, 1.165) is 11.5 Å². The Morgan fingerprint density at radius 2 is 1.12 bits per heavy atom. The molecule has 0 saturated heterocycles. The number of hydrogen-bond acceptors (Lipinski definition) is 10. The third-order valence-corrected chi connectivity index (χ3v) is 3.06. The van der Waals surface area contributed by atoms with E-state index < -0.39 is 10.4 Å². The molecule has 0 unspecified atom stereocenters. The summed E-state index contributed by atoms with van der Waals surface area (Å²) in [6.07, 6.45) is 0. The lowest BCUT2D eigenvalue weighted by atomic mass is 10.8. The molecule has 25 heavy (non-hydrogen) atoms. The predicted molar refractivity (Wildman–Crippen MR) is 95.2 cm³/mol. The monoisotopic (exact) mass is 420 g/mol. The highest BCUT2D eigenvalue weighted by atomic mass is 32.3. The van der Waals surface area contributed by atoms with E-state index in [-0.39, 0.29) is 11.8 Å². The number of carbonyl (C=O) groups is 2. The number of nitrogens with one attached hydrogen (secondary N) is 2. The second-order valence-electron chi connectivity index (χ2n) is 3.77. The molecule has 0 saturated carbocycles. The minimum absolute atomic E-state index is 0.151. The van der Waals surface area contributed by atoms with Gasteiger partial charge in [-0.05, 0) is 23.5 Å². The molecule has 0 heterocycles. The van der Waals surface area contributed by atoms with Gasteiger partial charge in [0.15, 0.2) is 0 Å². The van der Waals surface area contributed by atoms with E-state index in [2.05, 4.69) is 9.98 Å². The van der Waals surface area contributed by atoms with Crippen LogP contribution in [0.1, 0.15) is 13.8 Å². The number of hydrogen-bond donors (Lipinski definition) is 6. The molecule has 0 aromatic heterocycles. The Bertz CT molecular complexity index is 509. The molecule has 2 amide bonds. The highest BCUT2D eigenvalue weighted by Gasteiger charge is 2.00. The van der Waals surface area contributed by atoms with Crippen LogP contribution in [0.4, 0.5) is 0 Å². The third kappa shape index (κ3) is 45.0. The third-order valence-electron chi connectivity index (χ3n) is 1.35. The summed E-state index contributed by atoms with van der Waals surface area (Å²) in [5.74, 6) is 1.15. The first-order chi connectivity index (χ1) is 11.3. The average molecular weight is 421 g/mol. The second-order valence-corrected chi connectivity index (χ2v) is 6.86. The molecule has 148 valence electrons. The number of amidine groups is 2. The Balaban J connectivity index is -0.000000308. The van der Waals surface area contributed by atoms with E-state index >= 15 is 0 Å². The first-order valence-electron chi connectivity index (χ1n) is 6.45. The van der Waals surface area contributed by atoms with E-state index in [0.29, 0.717) is 23.4 Å². The number of amides is 2. The van der Waals surface area contributed by atoms with Crippen molar-refractivity contribution in [2.24, 2.45) is 22.9 Å². The lowest BCUT2D eigenvalue weighted by Gasteiger charge is -2.06. The number of thioether (sulfide) groups is 2. The fraction of sp³-hybridized carbons (Fsp3) is 0.600. The Morgan fingerprint density at radius 1 is 0.880 bits per heavy atom. The number of nitrogens with two attached hydrogens (primary N) is 4. The quantitative estimate of drug-likeness (QED) is 0.108. The zero-order chi connectivity index (χ0) is 20.5. The first kappa shape index (κ1) is 28.6. The molecule has 0 aliphatic carbocycles. The Kier molecular flexibility index (Phi) is 20.1. The molecule has 0 spiro atoms. The molecule has 0 aliphatic heterocycles. The first-order valence-corrected chi connectivity index (χ1v) is 9.76. The van der Waals surface area contributed by atoms with Crippen LogP contribution in [0.25, 0.3) is 0 Å². The van der Waals surface area contributed by atoms with Crippen molar-refractivity contribution in [3.63, 3.8) is 0 Å². The number of rotatable bonds is 4. The van der Waals surface area contributed by atoms with Crippen molar-refractivity contribution in [3.8, 4) is 0 Å². The molecule has 0 aromatic rings. The Hall–Kier alpha value is -1.23. The topological polar surface area (TPSA) is 246 Å². The van der Waals surface area contributed by atoms with Crippen LogP contribution in [-0.4, -0.2) is 64.3 Å². The van der Waals surface area contributed by atoms with Crippen LogP contribution in [0.5, 0.6) is 0 Å². The summed E-state index contributed by atoms with van der Waals surface area (Å²) in [6.45, 7) is 3.95. The zero-order valence-electron chi connectivity index (χ0n) is 13.8. The molecule has 12 nitrogen and oxygen atoms in total. The van der Waals surface area contributed by atoms with Crippen LogP contribution in [0.3, 0.4) is 0 Å². The summed E-state index contributed by atoms with van der Waals surface area (Å²) in [7, 11) is -5.17. The lowest BCUT2D eigenvalue weighted by Crippen LogP contribution is -2.77. The smallest absolute Gasteiger partial charge is 0.309 e. The van der Waals surface area contributed by atoms with Gasteiger partial charge in [0.05, 0.1) is 0 Å². The van der Waals surface area contributed by atoms with Gasteiger partial charge in [0.1, 0.15) is 0 Å². The zero-order valence-corrected chi connectivity index (χ0v) is 16.3. The molecule has 15 heteroatoms. The molecular weight excluding hydrogens is 396 g/mol. The Labute approximate surface area is 154 Å². The normalized spacial score (nSPS) is 11.6.